The van der Waals surface area contributed by atoms with Crippen molar-refractivity contribution < 1.29 is 37.0 Å². The Labute approximate surface area is 87.3 Å². The van der Waals surface area contributed by atoms with Gasteiger partial charge in [-0.2, -0.15) is 0 Å². The zero-order valence-corrected chi connectivity index (χ0v) is 10.1. The van der Waals surface area contributed by atoms with Crippen LogP contribution in [0.3, 0.4) is 0 Å². The summed E-state index contributed by atoms with van der Waals surface area (Å²) in [6, 6.07) is 0. The summed E-state index contributed by atoms with van der Waals surface area (Å²) in [6.07, 6.45) is 0.0746. The molecule has 0 radical (unpaired) electrons. The first-order chi connectivity index (χ1) is 6.83. The number of rotatable bonds is 8. The molecule has 0 aliphatic heterocycles. The highest BCUT2D eigenvalue weighted by Gasteiger charge is 2.07. The standard InChI is InChI=1S/C5H14O8P2/c1-10-14(6,7)12-4-3-5-13-15(8,9)11-2/h3-5H2,1-2H3,(H,6,7)(H,8,9)/p-2. The number of phosphoric ester groups is 2. The Morgan fingerprint density at radius 2 is 1.27 bits per heavy atom. The Morgan fingerprint density at radius 3 is 1.53 bits per heavy atom. The molecule has 0 aromatic rings. The monoisotopic (exact) mass is 262 g/mol. The van der Waals surface area contributed by atoms with Gasteiger partial charge in [-0.3, -0.25) is 9.13 Å². The van der Waals surface area contributed by atoms with Crippen molar-refractivity contribution >= 4 is 15.6 Å². The summed E-state index contributed by atoms with van der Waals surface area (Å²) in [5.74, 6) is 0. The highest BCUT2D eigenvalue weighted by molar-refractivity contribution is 7.46. The van der Waals surface area contributed by atoms with Crippen molar-refractivity contribution in [3.05, 3.63) is 0 Å². The van der Waals surface area contributed by atoms with E-state index in [-0.39, 0.29) is 19.6 Å². The van der Waals surface area contributed by atoms with Gasteiger partial charge in [0.25, 0.3) is 15.6 Å². The summed E-state index contributed by atoms with van der Waals surface area (Å²) in [6.45, 7) is -0.448. The van der Waals surface area contributed by atoms with Gasteiger partial charge in [0.15, 0.2) is 0 Å². The molecule has 0 aliphatic rings. The van der Waals surface area contributed by atoms with E-state index in [1.54, 1.807) is 0 Å². The third-order valence-electron chi connectivity index (χ3n) is 1.23. The third kappa shape index (κ3) is 8.07. The average molecular weight is 262 g/mol. The van der Waals surface area contributed by atoms with Crippen LogP contribution in [-0.2, 0) is 27.2 Å². The molecule has 0 amide bonds. The third-order valence-corrected chi connectivity index (χ3v) is 3.13. The van der Waals surface area contributed by atoms with Crippen LogP contribution in [0.4, 0.5) is 0 Å². The van der Waals surface area contributed by atoms with E-state index >= 15 is 0 Å². The Hall–Kier alpha value is 0.220. The van der Waals surface area contributed by atoms with E-state index in [4.69, 9.17) is 0 Å². The van der Waals surface area contributed by atoms with Gasteiger partial charge in [0.1, 0.15) is 0 Å². The molecule has 0 saturated carbocycles. The molecule has 10 heteroatoms. The second-order valence-corrected chi connectivity index (χ2v) is 5.32. The van der Waals surface area contributed by atoms with Crippen LogP contribution in [0.15, 0.2) is 0 Å². The molecule has 8 nitrogen and oxygen atoms in total. The van der Waals surface area contributed by atoms with Crippen LogP contribution in [0.1, 0.15) is 6.42 Å². The average Bonchev–Trinajstić information content (AvgIpc) is 2.17. The van der Waals surface area contributed by atoms with Crippen molar-refractivity contribution in [1.82, 2.24) is 0 Å². The SMILES string of the molecule is COP(=O)([O-])OCCCOP(=O)([O-])OC. The number of hydrogen-bond donors (Lipinski definition) is 0. The van der Waals surface area contributed by atoms with E-state index in [9.17, 15) is 18.9 Å². The van der Waals surface area contributed by atoms with Crippen LogP contribution in [-0.4, -0.2) is 27.4 Å². The Balaban J connectivity index is 3.57. The summed E-state index contributed by atoms with van der Waals surface area (Å²) >= 11 is 0. The van der Waals surface area contributed by atoms with Crippen LogP contribution in [0.25, 0.3) is 0 Å². The van der Waals surface area contributed by atoms with Gasteiger partial charge < -0.3 is 27.9 Å². The highest BCUT2D eigenvalue weighted by Crippen LogP contribution is 2.38. The summed E-state index contributed by atoms with van der Waals surface area (Å²) < 4.78 is 37.8. The van der Waals surface area contributed by atoms with Crippen molar-refractivity contribution in [1.29, 1.82) is 0 Å². The maximum atomic E-state index is 10.6. The predicted octanol–water partition coefficient (Wildman–Crippen LogP) is -0.361. The Bertz CT molecular complexity index is 240. The van der Waals surface area contributed by atoms with E-state index in [1.165, 1.54) is 0 Å². The molecule has 15 heavy (non-hydrogen) atoms. The van der Waals surface area contributed by atoms with E-state index in [2.05, 4.69) is 18.1 Å². The molecule has 2 atom stereocenters. The van der Waals surface area contributed by atoms with Crippen LogP contribution >= 0.6 is 15.6 Å². The summed E-state index contributed by atoms with van der Waals surface area (Å²) in [4.78, 5) is 21.2. The Kier molecular flexibility index (Phi) is 6.83. The number of phosphoric acid groups is 2. The molecule has 0 saturated heterocycles. The van der Waals surface area contributed by atoms with Crippen molar-refractivity contribution in [3.63, 3.8) is 0 Å². The Morgan fingerprint density at radius 1 is 0.933 bits per heavy atom. The van der Waals surface area contributed by atoms with Crippen LogP contribution in [0.5, 0.6) is 0 Å². The second-order valence-electron chi connectivity index (χ2n) is 2.28. The van der Waals surface area contributed by atoms with Gasteiger partial charge in [0.05, 0.1) is 13.2 Å². The van der Waals surface area contributed by atoms with Crippen molar-refractivity contribution in [3.8, 4) is 0 Å². The van der Waals surface area contributed by atoms with E-state index < -0.39 is 15.6 Å². The van der Waals surface area contributed by atoms with Gasteiger partial charge in [-0.25, -0.2) is 0 Å². The van der Waals surface area contributed by atoms with Crippen LogP contribution < -0.4 is 9.79 Å². The first-order valence-electron chi connectivity index (χ1n) is 3.85. The zero-order chi connectivity index (χ0) is 11.9. The molecular formula is C5H12O8P2-2. The van der Waals surface area contributed by atoms with Crippen molar-refractivity contribution in [2.45, 2.75) is 6.42 Å². The van der Waals surface area contributed by atoms with Crippen molar-refractivity contribution in [2.75, 3.05) is 27.4 Å². The van der Waals surface area contributed by atoms with Gasteiger partial charge >= 0.3 is 0 Å². The summed E-state index contributed by atoms with van der Waals surface area (Å²) in [7, 11) is -6.57. The zero-order valence-electron chi connectivity index (χ0n) is 8.28. The topological polar surface area (TPSA) is 117 Å². The maximum absolute atomic E-state index is 10.6. The molecular weight excluding hydrogens is 250 g/mol. The molecule has 0 aromatic heterocycles. The predicted molar refractivity (Wildman–Crippen MR) is 45.8 cm³/mol. The van der Waals surface area contributed by atoms with Gasteiger partial charge in [-0.1, -0.05) is 0 Å². The molecule has 0 bridgehead atoms. The fourth-order valence-corrected chi connectivity index (χ4v) is 1.43. The fraction of sp³-hybridized carbons (Fsp3) is 1.00. The minimum Gasteiger partial charge on any atom is -0.756 e. The lowest BCUT2D eigenvalue weighted by atomic mass is 10.5. The summed E-state index contributed by atoms with van der Waals surface area (Å²) in [5.41, 5.74) is 0. The smallest absolute Gasteiger partial charge is 0.267 e. The van der Waals surface area contributed by atoms with Crippen LogP contribution in [0, 0.1) is 0 Å². The molecule has 0 aromatic carbocycles. The van der Waals surface area contributed by atoms with Crippen molar-refractivity contribution in [2.24, 2.45) is 0 Å². The molecule has 0 N–H and O–H groups in total. The lowest BCUT2D eigenvalue weighted by Crippen LogP contribution is -2.10. The van der Waals surface area contributed by atoms with Gasteiger partial charge in [0.2, 0.25) is 0 Å². The molecule has 0 heterocycles. The van der Waals surface area contributed by atoms with E-state index in [0.29, 0.717) is 0 Å². The minimum absolute atomic E-state index is 0.0746. The molecule has 0 spiro atoms. The molecule has 2 unspecified atom stereocenters. The molecule has 0 rings (SSSR count). The first kappa shape index (κ1) is 15.2. The maximum Gasteiger partial charge on any atom is 0.267 e. The second kappa shape index (κ2) is 6.73. The normalized spacial score (nSPS) is 19.5. The quantitative estimate of drug-likeness (QED) is 0.430. The van der Waals surface area contributed by atoms with Gasteiger partial charge in [-0.15, -0.1) is 0 Å². The summed E-state index contributed by atoms with van der Waals surface area (Å²) in [5, 5.41) is 0. The van der Waals surface area contributed by atoms with E-state index in [1.807, 2.05) is 0 Å². The van der Waals surface area contributed by atoms with Crippen LogP contribution in [0.2, 0.25) is 0 Å². The first-order valence-corrected chi connectivity index (χ1v) is 6.78. The lowest BCUT2D eigenvalue weighted by Gasteiger charge is -2.22. The highest BCUT2D eigenvalue weighted by atomic mass is 31.2. The number of hydrogen-bond acceptors (Lipinski definition) is 8. The largest absolute Gasteiger partial charge is 0.756 e. The fourth-order valence-electron chi connectivity index (χ4n) is 0.517. The molecule has 92 valence electrons. The van der Waals surface area contributed by atoms with Gasteiger partial charge in [-0.05, 0) is 6.42 Å². The minimum atomic E-state index is -4.25. The van der Waals surface area contributed by atoms with E-state index in [0.717, 1.165) is 14.2 Å². The molecule has 0 fully saturated rings. The van der Waals surface area contributed by atoms with Gasteiger partial charge in [0, 0.05) is 14.2 Å². The lowest BCUT2D eigenvalue weighted by molar-refractivity contribution is -0.224. The molecule has 0 aliphatic carbocycles.